The molecule has 0 aliphatic rings. The first-order valence-corrected chi connectivity index (χ1v) is 6.18. The first kappa shape index (κ1) is 14.9. The normalized spacial score (nSPS) is 10.7. The molecule has 100 valence electrons. The van der Waals surface area contributed by atoms with Gasteiger partial charge in [-0.15, -0.1) is 0 Å². The summed E-state index contributed by atoms with van der Waals surface area (Å²) in [5, 5.41) is 0.122. The van der Waals surface area contributed by atoms with E-state index in [0.717, 1.165) is 6.54 Å². The van der Waals surface area contributed by atoms with Gasteiger partial charge in [0.1, 0.15) is 5.82 Å². The lowest BCUT2D eigenvalue weighted by molar-refractivity contribution is -0.141. The average molecular weight is 274 g/mol. The van der Waals surface area contributed by atoms with Crippen LogP contribution in [0, 0.1) is 5.82 Å². The minimum Gasteiger partial charge on any atom is -0.469 e. The van der Waals surface area contributed by atoms with E-state index in [9.17, 15) is 9.18 Å². The molecule has 0 heterocycles. The summed E-state index contributed by atoms with van der Waals surface area (Å²) in [5.41, 5.74) is 0.536. The second-order valence-corrected chi connectivity index (χ2v) is 4.32. The van der Waals surface area contributed by atoms with Gasteiger partial charge in [-0.2, -0.15) is 0 Å². The fraction of sp³-hybridized carbons (Fsp3) is 0.462. The van der Waals surface area contributed by atoms with Crippen molar-refractivity contribution in [3.8, 4) is 0 Å². The van der Waals surface area contributed by atoms with Gasteiger partial charge in [-0.25, -0.2) is 4.39 Å². The Kier molecular flexibility index (Phi) is 6.09. The molecule has 5 heteroatoms. The van der Waals surface area contributed by atoms with E-state index in [1.165, 1.54) is 13.2 Å². The number of halogens is 2. The minimum absolute atomic E-state index is 0.122. The number of carbonyl (C=O) groups is 1. The lowest BCUT2D eigenvalue weighted by atomic mass is 10.2. The molecular formula is C13H17ClFNO2. The summed E-state index contributed by atoms with van der Waals surface area (Å²) in [6.07, 6.45) is 0.298. The van der Waals surface area contributed by atoms with Crippen molar-refractivity contribution in [2.24, 2.45) is 0 Å². The Labute approximate surface area is 111 Å². The topological polar surface area (TPSA) is 29.5 Å². The monoisotopic (exact) mass is 273 g/mol. The number of hydrogen-bond donors (Lipinski definition) is 0. The van der Waals surface area contributed by atoms with Crippen molar-refractivity contribution in [3.63, 3.8) is 0 Å². The van der Waals surface area contributed by atoms with Crippen LogP contribution in [-0.2, 0) is 16.1 Å². The Hall–Kier alpha value is -1.13. The Morgan fingerprint density at radius 1 is 1.50 bits per heavy atom. The quantitative estimate of drug-likeness (QED) is 0.747. The van der Waals surface area contributed by atoms with E-state index in [1.807, 2.05) is 11.8 Å². The second-order valence-electron chi connectivity index (χ2n) is 3.91. The van der Waals surface area contributed by atoms with Crippen LogP contribution in [0.3, 0.4) is 0 Å². The van der Waals surface area contributed by atoms with E-state index < -0.39 is 5.82 Å². The highest BCUT2D eigenvalue weighted by Crippen LogP contribution is 2.19. The molecule has 1 aromatic carbocycles. The van der Waals surface area contributed by atoms with Gasteiger partial charge >= 0.3 is 5.97 Å². The molecule has 0 amide bonds. The Balaban J connectivity index is 2.62. The molecular weight excluding hydrogens is 257 g/mol. The van der Waals surface area contributed by atoms with Gasteiger partial charge in [0.25, 0.3) is 0 Å². The molecule has 18 heavy (non-hydrogen) atoms. The molecule has 0 unspecified atom stereocenters. The summed E-state index contributed by atoms with van der Waals surface area (Å²) in [6, 6.07) is 4.93. The number of hydrogen-bond acceptors (Lipinski definition) is 3. The molecule has 1 aromatic rings. The Morgan fingerprint density at radius 2 is 2.22 bits per heavy atom. The van der Waals surface area contributed by atoms with Crippen LogP contribution in [-0.4, -0.2) is 31.1 Å². The maximum Gasteiger partial charge on any atom is 0.306 e. The molecule has 3 nitrogen and oxygen atoms in total. The van der Waals surface area contributed by atoms with Gasteiger partial charge < -0.3 is 4.74 Å². The maximum absolute atomic E-state index is 13.7. The lowest BCUT2D eigenvalue weighted by Crippen LogP contribution is -2.26. The van der Waals surface area contributed by atoms with Crippen LogP contribution in [0.5, 0.6) is 0 Å². The van der Waals surface area contributed by atoms with E-state index in [2.05, 4.69) is 4.74 Å². The zero-order valence-electron chi connectivity index (χ0n) is 10.6. The van der Waals surface area contributed by atoms with Crippen LogP contribution in [0.15, 0.2) is 18.2 Å². The highest BCUT2D eigenvalue weighted by Gasteiger charge is 2.11. The molecule has 1 rings (SSSR count). The number of esters is 1. The molecule has 0 atom stereocenters. The first-order chi connectivity index (χ1) is 8.58. The molecule has 0 bridgehead atoms. The molecule has 0 aliphatic carbocycles. The largest absolute Gasteiger partial charge is 0.469 e. The summed E-state index contributed by atoms with van der Waals surface area (Å²) >= 11 is 5.72. The van der Waals surface area contributed by atoms with Crippen molar-refractivity contribution in [2.75, 3.05) is 20.2 Å². The predicted octanol–water partition coefficient (Wildman–Crippen LogP) is 2.86. The molecule has 0 aromatic heterocycles. The van der Waals surface area contributed by atoms with Gasteiger partial charge in [0.05, 0.1) is 18.6 Å². The molecule has 0 radical (unpaired) electrons. The number of rotatable bonds is 6. The molecule has 0 N–H and O–H groups in total. The Morgan fingerprint density at radius 3 is 2.83 bits per heavy atom. The summed E-state index contributed by atoms with van der Waals surface area (Å²) < 4.78 is 18.3. The molecule has 0 spiro atoms. The lowest BCUT2D eigenvalue weighted by Gasteiger charge is -2.20. The molecule has 0 saturated carbocycles. The van der Waals surface area contributed by atoms with Gasteiger partial charge in [-0.3, -0.25) is 9.69 Å². The second kappa shape index (κ2) is 7.34. The summed E-state index contributed by atoms with van der Waals surface area (Å²) in [4.78, 5) is 13.0. The third-order valence-electron chi connectivity index (χ3n) is 2.73. The van der Waals surface area contributed by atoms with E-state index in [0.29, 0.717) is 25.1 Å². The maximum atomic E-state index is 13.7. The Bertz CT molecular complexity index is 412. The number of carbonyl (C=O) groups excluding carboxylic acids is 1. The fourth-order valence-electron chi connectivity index (χ4n) is 1.61. The molecule has 0 fully saturated rings. The van der Waals surface area contributed by atoms with Crippen molar-refractivity contribution in [1.82, 2.24) is 4.90 Å². The van der Waals surface area contributed by atoms with Gasteiger partial charge in [0.15, 0.2) is 0 Å². The molecule has 0 aliphatic heterocycles. The number of ether oxygens (including phenoxy) is 1. The van der Waals surface area contributed by atoms with Gasteiger partial charge in [-0.1, -0.05) is 30.7 Å². The highest BCUT2D eigenvalue weighted by molar-refractivity contribution is 6.30. The van der Waals surface area contributed by atoms with E-state index in [1.54, 1.807) is 12.1 Å². The predicted molar refractivity (Wildman–Crippen MR) is 69.0 cm³/mol. The summed E-state index contributed by atoms with van der Waals surface area (Å²) in [5.74, 6) is -0.657. The third kappa shape index (κ3) is 4.27. The van der Waals surface area contributed by atoms with Crippen LogP contribution in [0.1, 0.15) is 18.9 Å². The number of methoxy groups -OCH3 is 1. The van der Waals surface area contributed by atoms with Crippen LogP contribution in [0.25, 0.3) is 0 Å². The van der Waals surface area contributed by atoms with Crippen molar-refractivity contribution in [2.45, 2.75) is 19.9 Å². The van der Waals surface area contributed by atoms with Crippen molar-refractivity contribution >= 4 is 17.6 Å². The number of benzene rings is 1. The van der Waals surface area contributed by atoms with Gasteiger partial charge in [0.2, 0.25) is 0 Å². The molecule has 0 saturated heterocycles. The van der Waals surface area contributed by atoms with Gasteiger partial charge in [0, 0.05) is 18.7 Å². The zero-order valence-corrected chi connectivity index (χ0v) is 11.3. The van der Waals surface area contributed by atoms with Crippen LogP contribution >= 0.6 is 11.6 Å². The van der Waals surface area contributed by atoms with Crippen LogP contribution < -0.4 is 0 Å². The first-order valence-electron chi connectivity index (χ1n) is 5.80. The fourth-order valence-corrected chi connectivity index (χ4v) is 1.81. The van der Waals surface area contributed by atoms with Crippen molar-refractivity contribution < 1.29 is 13.9 Å². The standard InChI is InChI=1S/C13H17ClFNO2/c1-3-16(8-7-12(17)18-2)9-10-5-4-6-11(14)13(10)15/h4-6H,3,7-9H2,1-2H3. The van der Waals surface area contributed by atoms with Crippen LogP contribution in [0.2, 0.25) is 5.02 Å². The van der Waals surface area contributed by atoms with E-state index in [4.69, 9.17) is 11.6 Å². The average Bonchev–Trinajstić information content (AvgIpc) is 2.38. The highest BCUT2D eigenvalue weighted by atomic mass is 35.5. The smallest absolute Gasteiger partial charge is 0.306 e. The minimum atomic E-state index is -0.393. The number of nitrogens with zero attached hydrogens (tertiary/aromatic N) is 1. The zero-order chi connectivity index (χ0) is 13.5. The van der Waals surface area contributed by atoms with Crippen molar-refractivity contribution in [1.29, 1.82) is 0 Å². The van der Waals surface area contributed by atoms with Crippen molar-refractivity contribution in [3.05, 3.63) is 34.6 Å². The third-order valence-corrected chi connectivity index (χ3v) is 3.02. The summed E-state index contributed by atoms with van der Waals surface area (Å²) in [7, 11) is 1.36. The summed E-state index contributed by atoms with van der Waals surface area (Å²) in [6.45, 7) is 3.65. The SMILES string of the molecule is CCN(CCC(=O)OC)Cc1cccc(Cl)c1F. The van der Waals surface area contributed by atoms with Crippen LogP contribution in [0.4, 0.5) is 4.39 Å². The van der Waals surface area contributed by atoms with Gasteiger partial charge in [-0.05, 0) is 12.6 Å². The van der Waals surface area contributed by atoms with E-state index >= 15 is 0 Å². The van der Waals surface area contributed by atoms with E-state index in [-0.39, 0.29) is 11.0 Å².